The van der Waals surface area contributed by atoms with Crippen molar-refractivity contribution in [1.82, 2.24) is 0 Å². The van der Waals surface area contributed by atoms with Gasteiger partial charge in [0.05, 0.1) is 6.61 Å². The van der Waals surface area contributed by atoms with Crippen LogP contribution >= 0.6 is 0 Å². The van der Waals surface area contributed by atoms with Crippen LogP contribution in [0.25, 0.3) is 0 Å². The van der Waals surface area contributed by atoms with Gasteiger partial charge in [-0.05, 0) is 55.4 Å². The van der Waals surface area contributed by atoms with Crippen molar-refractivity contribution in [2.24, 2.45) is 5.73 Å². The van der Waals surface area contributed by atoms with E-state index in [0.29, 0.717) is 13.0 Å². The van der Waals surface area contributed by atoms with Gasteiger partial charge < -0.3 is 15.6 Å². The summed E-state index contributed by atoms with van der Waals surface area (Å²) >= 11 is 0. The van der Waals surface area contributed by atoms with E-state index in [1.807, 2.05) is 18.2 Å². The molecule has 0 saturated heterocycles. The molecule has 0 fully saturated rings. The second kappa shape index (κ2) is 9.73. The number of hydrogen-bond acceptors (Lipinski definition) is 4. The Bertz CT molecular complexity index is 611. The maximum absolute atomic E-state index is 11.9. The predicted octanol–water partition coefficient (Wildman–Crippen LogP) is 3.22. The van der Waals surface area contributed by atoms with Crippen molar-refractivity contribution in [2.75, 3.05) is 6.61 Å². The van der Waals surface area contributed by atoms with E-state index < -0.39 is 6.04 Å². The fourth-order valence-corrected chi connectivity index (χ4v) is 2.50. The van der Waals surface area contributed by atoms with E-state index in [1.165, 1.54) is 5.56 Å². The zero-order valence-electron chi connectivity index (χ0n) is 13.9. The molecule has 0 aliphatic heterocycles. The molecule has 0 heterocycles. The first-order chi connectivity index (χ1) is 11.6. The second-order valence-electron chi connectivity index (χ2n) is 5.94. The highest BCUT2D eigenvalue weighted by molar-refractivity contribution is 5.75. The first-order valence-corrected chi connectivity index (χ1v) is 8.39. The predicted molar refractivity (Wildman–Crippen MR) is 94.7 cm³/mol. The molecule has 0 aliphatic rings. The Kier molecular flexibility index (Phi) is 7.30. The Morgan fingerprint density at radius 3 is 2.38 bits per heavy atom. The number of aryl methyl sites for hydroxylation is 1. The summed E-state index contributed by atoms with van der Waals surface area (Å²) in [6.45, 7) is 0.414. The van der Waals surface area contributed by atoms with E-state index in [1.54, 1.807) is 24.3 Å². The van der Waals surface area contributed by atoms with Gasteiger partial charge in [0.2, 0.25) is 0 Å². The van der Waals surface area contributed by atoms with Crippen LogP contribution < -0.4 is 5.73 Å². The molecular formula is C20H25NO3. The van der Waals surface area contributed by atoms with E-state index in [0.717, 1.165) is 31.2 Å². The monoisotopic (exact) mass is 327 g/mol. The van der Waals surface area contributed by atoms with Crippen LogP contribution in [0.4, 0.5) is 0 Å². The summed E-state index contributed by atoms with van der Waals surface area (Å²) in [5.74, 6) is -0.170. The number of phenols is 1. The maximum atomic E-state index is 11.9. The highest BCUT2D eigenvalue weighted by atomic mass is 16.5. The highest BCUT2D eigenvalue weighted by Gasteiger charge is 2.15. The van der Waals surface area contributed by atoms with Crippen LogP contribution in [0, 0.1) is 0 Å². The van der Waals surface area contributed by atoms with Gasteiger partial charge in [0.15, 0.2) is 0 Å². The molecule has 0 radical (unpaired) electrons. The van der Waals surface area contributed by atoms with Gasteiger partial charge in [-0.25, -0.2) is 0 Å². The molecular weight excluding hydrogens is 302 g/mol. The lowest BCUT2D eigenvalue weighted by atomic mass is 10.1. The number of esters is 1. The summed E-state index contributed by atoms with van der Waals surface area (Å²) < 4.78 is 5.24. The number of nitrogens with two attached hydrogens (primary N) is 1. The van der Waals surface area contributed by atoms with Gasteiger partial charge in [-0.15, -0.1) is 0 Å². The molecule has 2 aromatic rings. The third kappa shape index (κ3) is 6.42. The topological polar surface area (TPSA) is 72.5 Å². The van der Waals surface area contributed by atoms with Crippen LogP contribution in [0.5, 0.6) is 5.75 Å². The molecule has 4 nitrogen and oxygen atoms in total. The fourth-order valence-electron chi connectivity index (χ4n) is 2.50. The third-order valence-electron chi connectivity index (χ3n) is 3.89. The van der Waals surface area contributed by atoms with E-state index in [-0.39, 0.29) is 11.7 Å². The zero-order valence-corrected chi connectivity index (χ0v) is 13.9. The zero-order chi connectivity index (χ0) is 17.2. The third-order valence-corrected chi connectivity index (χ3v) is 3.89. The smallest absolute Gasteiger partial charge is 0.323 e. The number of hydrogen-bond donors (Lipinski definition) is 2. The fraction of sp³-hybridized carbons (Fsp3) is 0.350. The van der Waals surface area contributed by atoms with Crippen LogP contribution in [-0.4, -0.2) is 23.7 Å². The number of benzene rings is 2. The molecule has 0 aromatic heterocycles. The lowest BCUT2D eigenvalue weighted by Crippen LogP contribution is -2.34. The number of aromatic hydroxyl groups is 1. The van der Waals surface area contributed by atoms with Crippen molar-refractivity contribution in [3.05, 3.63) is 65.7 Å². The Morgan fingerprint density at radius 1 is 0.958 bits per heavy atom. The minimum atomic E-state index is -0.668. The number of ether oxygens (including phenoxy) is 1. The van der Waals surface area contributed by atoms with Crippen molar-refractivity contribution in [2.45, 2.75) is 38.1 Å². The van der Waals surface area contributed by atoms with Gasteiger partial charge in [0.25, 0.3) is 0 Å². The average molecular weight is 327 g/mol. The molecule has 0 unspecified atom stereocenters. The molecule has 3 N–H and O–H groups in total. The van der Waals surface area contributed by atoms with Crippen molar-refractivity contribution in [1.29, 1.82) is 0 Å². The summed E-state index contributed by atoms with van der Waals surface area (Å²) in [7, 11) is 0. The van der Waals surface area contributed by atoms with E-state index in [9.17, 15) is 9.90 Å². The summed E-state index contributed by atoms with van der Waals surface area (Å²) in [5.41, 5.74) is 8.11. The van der Waals surface area contributed by atoms with Crippen LogP contribution in [0.1, 0.15) is 30.4 Å². The van der Waals surface area contributed by atoms with Gasteiger partial charge in [0, 0.05) is 0 Å². The summed E-state index contributed by atoms with van der Waals surface area (Å²) in [4.78, 5) is 11.9. The second-order valence-corrected chi connectivity index (χ2v) is 5.94. The Balaban J connectivity index is 1.58. The van der Waals surface area contributed by atoms with Crippen LogP contribution in [0.2, 0.25) is 0 Å². The normalized spacial score (nSPS) is 11.9. The minimum absolute atomic E-state index is 0.199. The summed E-state index contributed by atoms with van der Waals surface area (Å²) in [6.07, 6.45) is 4.42. The number of unbranched alkanes of at least 4 members (excludes halogenated alkanes) is 2. The van der Waals surface area contributed by atoms with E-state index in [4.69, 9.17) is 10.5 Å². The molecule has 4 heteroatoms. The molecule has 2 aromatic carbocycles. The largest absolute Gasteiger partial charge is 0.508 e. The van der Waals surface area contributed by atoms with Crippen molar-refractivity contribution in [3.8, 4) is 5.75 Å². The lowest BCUT2D eigenvalue weighted by molar-refractivity contribution is -0.145. The summed E-state index contributed by atoms with van der Waals surface area (Å²) in [5, 5.41) is 9.24. The van der Waals surface area contributed by atoms with E-state index >= 15 is 0 Å². The lowest BCUT2D eigenvalue weighted by Gasteiger charge is -2.11. The van der Waals surface area contributed by atoms with E-state index in [2.05, 4.69) is 12.1 Å². The average Bonchev–Trinajstić information content (AvgIpc) is 2.60. The molecule has 0 aliphatic carbocycles. The van der Waals surface area contributed by atoms with Crippen molar-refractivity contribution < 1.29 is 14.6 Å². The van der Waals surface area contributed by atoms with Crippen LogP contribution in [-0.2, 0) is 22.4 Å². The molecule has 0 amide bonds. The highest BCUT2D eigenvalue weighted by Crippen LogP contribution is 2.11. The van der Waals surface area contributed by atoms with Crippen LogP contribution in [0.3, 0.4) is 0 Å². The minimum Gasteiger partial charge on any atom is -0.508 e. The van der Waals surface area contributed by atoms with Gasteiger partial charge >= 0.3 is 5.97 Å². The number of rotatable bonds is 9. The first kappa shape index (κ1) is 18.0. The Hall–Kier alpha value is -2.33. The number of phenolic OH excluding ortho intramolecular Hbond substituents is 1. The van der Waals surface area contributed by atoms with Crippen molar-refractivity contribution in [3.63, 3.8) is 0 Å². The Labute approximate surface area is 143 Å². The van der Waals surface area contributed by atoms with Crippen molar-refractivity contribution >= 4 is 5.97 Å². The summed E-state index contributed by atoms with van der Waals surface area (Å²) in [6, 6.07) is 16.4. The van der Waals surface area contributed by atoms with Gasteiger partial charge in [-0.2, -0.15) is 0 Å². The quantitative estimate of drug-likeness (QED) is 0.548. The molecule has 0 bridgehead atoms. The Morgan fingerprint density at radius 2 is 1.67 bits per heavy atom. The van der Waals surface area contributed by atoms with Gasteiger partial charge in [0.1, 0.15) is 11.8 Å². The number of carbonyl (C=O) groups is 1. The molecule has 0 saturated carbocycles. The molecule has 0 spiro atoms. The first-order valence-electron chi connectivity index (χ1n) is 8.39. The SMILES string of the molecule is N[C@@H](Cc1ccc(O)cc1)C(=O)OCCCCCc1ccccc1. The molecule has 24 heavy (non-hydrogen) atoms. The van der Waals surface area contributed by atoms with Gasteiger partial charge in [-0.1, -0.05) is 42.5 Å². The standard InChI is InChI=1S/C20H25NO3/c21-19(15-17-10-12-18(22)13-11-17)20(23)24-14-6-2-5-9-16-7-3-1-4-8-16/h1,3-4,7-8,10-13,19,22H,2,5-6,9,14-15,21H2/t19-/m0/s1. The van der Waals surface area contributed by atoms with Gasteiger partial charge in [-0.3, -0.25) is 4.79 Å². The van der Waals surface area contributed by atoms with Crippen LogP contribution in [0.15, 0.2) is 54.6 Å². The molecule has 128 valence electrons. The maximum Gasteiger partial charge on any atom is 0.323 e. The molecule has 2 rings (SSSR count). The number of carbonyl (C=O) groups excluding carboxylic acids is 1. The molecule has 1 atom stereocenters.